The summed E-state index contributed by atoms with van der Waals surface area (Å²) in [5.41, 5.74) is -0.154. The first kappa shape index (κ1) is 20.0. The van der Waals surface area contributed by atoms with Crippen LogP contribution >= 0.6 is 11.6 Å². The van der Waals surface area contributed by atoms with Gasteiger partial charge in [-0.05, 0) is 32.9 Å². The zero-order valence-electron chi connectivity index (χ0n) is 15.3. The van der Waals surface area contributed by atoms with Crippen molar-refractivity contribution in [3.05, 3.63) is 34.9 Å². The van der Waals surface area contributed by atoms with Gasteiger partial charge < -0.3 is 19.9 Å². The van der Waals surface area contributed by atoms with Crippen molar-refractivity contribution in [1.82, 2.24) is 15.1 Å². The second-order valence-corrected chi connectivity index (χ2v) is 7.42. The molecular weight excluding hydrogens is 358 g/mol. The zero-order valence-corrected chi connectivity index (χ0v) is 16.0. The van der Waals surface area contributed by atoms with Gasteiger partial charge in [0.1, 0.15) is 12.1 Å². The highest BCUT2D eigenvalue weighted by Crippen LogP contribution is 2.18. The maximum Gasteiger partial charge on any atom is 0.408 e. The van der Waals surface area contributed by atoms with E-state index < -0.39 is 11.7 Å². The smallest absolute Gasteiger partial charge is 0.408 e. The number of hydrogen-bond donors (Lipinski definition) is 1. The van der Waals surface area contributed by atoms with Crippen molar-refractivity contribution in [2.45, 2.75) is 26.4 Å². The van der Waals surface area contributed by atoms with Crippen molar-refractivity contribution in [3.63, 3.8) is 0 Å². The Morgan fingerprint density at radius 3 is 2.23 bits per heavy atom. The monoisotopic (exact) mass is 381 g/mol. The van der Waals surface area contributed by atoms with Crippen molar-refractivity contribution in [3.8, 4) is 0 Å². The van der Waals surface area contributed by atoms with E-state index in [0.717, 1.165) is 0 Å². The fraction of sp³-hybridized carbons (Fsp3) is 0.500. The number of nitrogens with zero attached hydrogens (tertiary/aromatic N) is 2. The number of rotatable bonds is 3. The second-order valence-electron chi connectivity index (χ2n) is 7.01. The zero-order chi connectivity index (χ0) is 19.3. The lowest BCUT2D eigenvalue weighted by Crippen LogP contribution is -2.52. The van der Waals surface area contributed by atoms with E-state index in [1.165, 1.54) is 0 Å². The number of ether oxygens (including phenoxy) is 1. The molecule has 1 fully saturated rings. The van der Waals surface area contributed by atoms with Crippen LogP contribution in [-0.4, -0.2) is 66.0 Å². The molecule has 0 unspecified atom stereocenters. The first-order valence-electron chi connectivity index (χ1n) is 8.46. The number of halogens is 1. The molecule has 142 valence electrons. The maximum absolute atomic E-state index is 12.5. The molecule has 0 spiro atoms. The lowest BCUT2D eigenvalue weighted by molar-refractivity contribution is -0.131. The van der Waals surface area contributed by atoms with Crippen LogP contribution in [0.15, 0.2) is 24.3 Å². The highest BCUT2D eigenvalue weighted by atomic mass is 35.5. The van der Waals surface area contributed by atoms with E-state index in [1.54, 1.807) is 54.8 Å². The van der Waals surface area contributed by atoms with Crippen LogP contribution in [-0.2, 0) is 9.53 Å². The fourth-order valence-electron chi connectivity index (χ4n) is 2.54. The fourth-order valence-corrected chi connectivity index (χ4v) is 2.75. The van der Waals surface area contributed by atoms with Crippen molar-refractivity contribution in [1.29, 1.82) is 0 Å². The molecule has 1 saturated heterocycles. The van der Waals surface area contributed by atoms with Crippen LogP contribution in [0.4, 0.5) is 4.79 Å². The Balaban J connectivity index is 1.81. The summed E-state index contributed by atoms with van der Waals surface area (Å²) in [5, 5.41) is 2.87. The molecule has 1 N–H and O–H groups in total. The third-order valence-electron chi connectivity index (χ3n) is 3.81. The first-order valence-corrected chi connectivity index (χ1v) is 8.83. The van der Waals surface area contributed by atoms with Crippen LogP contribution in [0, 0.1) is 0 Å². The quantitative estimate of drug-likeness (QED) is 0.870. The van der Waals surface area contributed by atoms with E-state index in [9.17, 15) is 14.4 Å². The van der Waals surface area contributed by atoms with Gasteiger partial charge >= 0.3 is 6.09 Å². The van der Waals surface area contributed by atoms with Crippen LogP contribution in [0.25, 0.3) is 0 Å². The van der Waals surface area contributed by atoms with Crippen LogP contribution in [0.5, 0.6) is 0 Å². The molecule has 1 aromatic rings. The summed E-state index contributed by atoms with van der Waals surface area (Å²) in [6.07, 6.45) is -0.626. The summed E-state index contributed by atoms with van der Waals surface area (Å²) in [6, 6.07) is 6.90. The van der Waals surface area contributed by atoms with Gasteiger partial charge in [0.15, 0.2) is 0 Å². The third-order valence-corrected chi connectivity index (χ3v) is 4.14. The summed E-state index contributed by atoms with van der Waals surface area (Å²) in [7, 11) is 0. The number of benzene rings is 1. The molecule has 3 amide bonds. The molecule has 0 aliphatic carbocycles. The normalized spacial score (nSPS) is 14.8. The molecule has 0 bridgehead atoms. The van der Waals surface area contributed by atoms with Gasteiger partial charge in [0.25, 0.3) is 5.91 Å². The SMILES string of the molecule is CC(C)(C)OC(=O)NCC(=O)N1CCN(C(=O)c2ccccc2Cl)CC1. The van der Waals surface area contributed by atoms with Crippen molar-refractivity contribution < 1.29 is 19.1 Å². The molecule has 0 atom stereocenters. The molecule has 0 radical (unpaired) electrons. The van der Waals surface area contributed by atoms with Gasteiger partial charge in [-0.3, -0.25) is 9.59 Å². The molecule has 26 heavy (non-hydrogen) atoms. The molecule has 1 aliphatic heterocycles. The number of amides is 3. The second kappa shape index (κ2) is 8.40. The summed E-state index contributed by atoms with van der Waals surface area (Å²) in [5.74, 6) is -0.352. The summed E-state index contributed by atoms with van der Waals surface area (Å²) in [4.78, 5) is 39.6. The molecule has 1 aliphatic rings. The van der Waals surface area contributed by atoms with Gasteiger partial charge in [0.05, 0.1) is 10.6 Å². The van der Waals surface area contributed by atoms with E-state index in [2.05, 4.69) is 5.32 Å². The van der Waals surface area contributed by atoms with Gasteiger partial charge in [-0.15, -0.1) is 0 Å². The van der Waals surface area contributed by atoms with E-state index >= 15 is 0 Å². The standard InChI is InChI=1S/C18H24ClN3O4/c1-18(2,3)26-17(25)20-12-15(23)21-8-10-22(11-9-21)16(24)13-6-4-5-7-14(13)19/h4-7H,8-12H2,1-3H3,(H,20,25). The average molecular weight is 382 g/mol. The highest BCUT2D eigenvalue weighted by molar-refractivity contribution is 6.33. The molecule has 8 heteroatoms. The third kappa shape index (κ3) is 5.62. The van der Waals surface area contributed by atoms with Crippen LogP contribution < -0.4 is 5.32 Å². The summed E-state index contributed by atoms with van der Waals surface area (Å²) >= 11 is 6.07. The highest BCUT2D eigenvalue weighted by Gasteiger charge is 2.26. The summed E-state index contributed by atoms with van der Waals surface area (Å²) in [6.45, 7) is 6.78. The number of hydrogen-bond acceptors (Lipinski definition) is 4. The lowest BCUT2D eigenvalue weighted by atomic mass is 10.2. The van der Waals surface area contributed by atoms with E-state index in [1.807, 2.05) is 0 Å². The number of carbonyl (C=O) groups is 3. The topological polar surface area (TPSA) is 79.0 Å². The van der Waals surface area contributed by atoms with Gasteiger partial charge in [-0.25, -0.2) is 4.79 Å². The molecule has 1 heterocycles. The van der Waals surface area contributed by atoms with Gasteiger partial charge in [-0.2, -0.15) is 0 Å². The van der Waals surface area contributed by atoms with Gasteiger partial charge in [-0.1, -0.05) is 23.7 Å². The number of alkyl carbamates (subject to hydrolysis) is 1. The Kier molecular flexibility index (Phi) is 6.47. The van der Waals surface area contributed by atoms with E-state index in [4.69, 9.17) is 16.3 Å². The van der Waals surface area contributed by atoms with Crippen molar-refractivity contribution in [2.75, 3.05) is 32.7 Å². The predicted molar refractivity (Wildman–Crippen MR) is 98.2 cm³/mol. The van der Waals surface area contributed by atoms with Gasteiger partial charge in [0, 0.05) is 26.2 Å². The number of piperazine rings is 1. The Morgan fingerprint density at radius 1 is 1.08 bits per heavy atom. The van der Waals surface area contributed by atoms with Crippen molar-refractivity contribution >= 4 is 29.5 Å². The number of nitrogens with one attached hydrogen (secondary N) is 1. The van der Waals surface area contributed by atoms with Crippen LogP contribution in [0.2, 0.25) is 5.02 Å². The average Bonchev–Trinajstić information content (AvgIpc) is 2.58. The Labute approximate surface area is 158 Å². The molecule has 7 nitrogen and oxygen atoms in total. The Morgan fingerprint density at radius 2 is 1.65 bits per heavy atom. The van der Waals surface area contributed by atoms with Crippen LogP contribution in [0.3, 0.4) is 0 Å². The molecule has 0 aromatic heterocycles. The summed E-state index contributed by atoms with van der Waals surface area (Å²) < 4.78 is 5.10. The molecule has 2 rings (SSSR count). The van der Waals surface area contributed by atoms with Crippen molar-refractivity contribution in [2.24, 2.45) is 0 Å². The molecule has 1 aromatic carbocycles. The number of carbonyl (C=O) groups excluding carboxylic acids is 3. The largest absolute Gasteiger partial charge is 0.444 e. The van der Waals surface area contributed by atoms with Crippen LogP contribution in [0.1, 0.15) is 31.1 Å². The Hall–Kier alpha value is -2.28. The van der Waals surface area contributed by atoms with Gasteiger partial charge in [0.2, 0.25) is 5.91 Å². The first-order chi connectivity index (χ1) is 12.2. The minimum Gasteiger partial charge on any atom is -0.444 e. The maximum atomic E-state index is 12.5. The lowest BCUT2D eigenvalue weighted by Gasteiger charge is -2.35. The van der Waals surface area contributed by atoms with E-state index in [-0.39, 0.29) is 18.4 Å². The Bertz CT molecular complexity index is 679. The molecular formula is C18H24ClN3O4. The predicted octanol–water partition coefficient (Wildman–Crippen LogP) is 2.15. The minimum absolute atomic E-state index is 0.132. The minimum atomic E-state index is -0.626. The molecule has 0 saturated carbocycles. The van der Waals surface area contributed by atoms with E-state index in [0.29, 0.717) is 36.8 Å².